The van der Waals surface area contributed by atoms with Gasteiger partial charge in [0.2, 0.25) is 0 Å². The maximum Gasteiger partial charge on any atom is 0.168 e. The van der Waals surface area contributed by atoms with Crippen molar-refractivity contribution in [2.45, 2.75) is 45.6 Å². The highest BCUT2D eigenvalue weighted by Gasteiger charge is 2.48. The van der Waals surface area contributed by atoms with Crippen molar-refractivity contribution >= 4 is 0 Å². The van der Waals surface area contributed by atoms with E-state index in [-0.39, 0.29) is 17.0 Å². The molecule has 1 aromatic rings. The zero-order chi connectivity index (χ0) is 15.7. The number of benzene rings is 1. The molecular formula is C17H26FNO2. The Labute approximate surface area is 126 Å². The van der Waals surface area contributed by atoms with Crippen LogP contribution in [0.1, 0.15) is 38.7 Å². The SMILES string of the molecule is COc1cccc(CC2(CN)CCCC(C)(C)C2O)c1F. The molecule has 3 nitrogen and oxygen atoms in total. The molecule has 0 amide bonds. The summed E-state index contributed by atoms with van der Waals surface area (Å²) >= 11 is 0. The lowest BCUT2D eigenvalue weighted by atomic mass is 9.59. The van der Waals surface area contributed by atoms with Crippen LogP contribution in [0.3, 0.4) is 0 Å². The summed E-state index contributed by atoms with van der Waals surface area (Å²) in [6, 6.07) is 5.14. The van der Waals surface area contributed by atoms with E-state index < -0.39 is 11.5 Å². The van der Waals surface area contributed by atoms with Gasteiger partial charge in [-0.15, -0.1) is 0 Å². The third-order valence-electron chi connectivity index (χ3n) is 5.03. The number of hydrogen-bond donors (Lipinski definition) is 2. The summed E-state index contributed by atoms with van der Waals surface area (Å²) in [4.78, 5) is 0. The van der Waals surface area contributed by atoms with Crippen molar-refractivity contribution in [1.29, 1.82) is 0 Å². The van der Waals surface area contributed by atoms with Crippen molar-refractivity contribution in [1.82, 2.24) is 0 Å². The number of aliphatic hydroxyl groups excluding tert-OH is 1. The lowest BCUT2D eigenvalue weighted by Gasteiger charge is -2.49. The van der Waals surface area contributed by atoms with Crippen molar-refractivity contribution in [3.05, 3.63) is 29.6 Å². The first kappa shape index (κ1) is 16.2. The highest BCUT2D eigenvalue weighted by Crippen LogP contribution is 2.48. The maximum atomic E-state index is 14.4. The molecule has 1 aromatic carbocycles. The smallest absolute Gasteiger partial charge is 0.168 e. The molecule has 0 aliphatic heterocycles. The third kappa shape index (κ3) is 2.92. The molecule has 0 radical (unpaired) electrons. The second kappa shape index (κ2) is 5.93. The molecule has 0 aromatic heterocycles. The fourth-order valence-electron chi connectivity index (χ4n) is 3.70. The van der Waals surface area contributed by atoms with Crippen LogP contribution in [0.2, 0.25) is 0 Å². The highest BCUT2D eigenvalue weighted by molar-refractivity contribution is 5.32. The highest BCUT2D eigenvalue weighted by atomic mass is 19.1. The molecule has 118 valence electrons. The zero-order valence-electron chi connectivity index (χ0n) is 13.2. The summed E-state index contributed by atoms with van der Waals surface area (Å²) in [6.45, 7) is 4.47. The molecule has 1 aliphatic carbocycles. The maximum absolute atomic E-state index is 14.4. The molecule has 2 atom stereocenters. The van der Waals surface area contributed by atoms with E-state index in [0.29, 0.717) is 18.5 Å². The zero-order valence-corrected chi connectivity index (χ0v) is 13.2. The summed E-state index contributed by atoms with van der Waals surface area (Å²) in [6.07, 6.45) is 2.71. The minimum Gasteiger partial charge on any atom is -0.494 e. The number of methoxy groups -OCH3 is 1. The molecule has 2 unspecified atom stereocenters. The Balaban J connectivity index is 2.35. The van der Waals surface area contributed by atoms with E-state index in [4.69, 9.17) is 10.5 Å². The van der Waals surface area contributed by atoms with Gasteiger partial charge in [-0.25, -0.2) is 4.39 Å². The molecule has 3 N–H and O–H groups in total. The van der Waals surface area contributed by atoms with Crippen molar-refractivity contribution in [2.75, 3.05) is 13.7 Å². The Hall–Kier alpha value is -1.13. The van der Waals surface area contributed by atoms with Gasteiger partial charge in [0.1, 0.15) is 0 Å². The van der Waals surface area contributed by atoms with E-state index >= 15 is 0 Å². The van der Waals surface area contributed by atoms with Crippen LogP contribution >= 0.6 is 0 Å². The molecule has 21 heavy (non-hydrogen) atoms. The van der Waals surface area contributed by atoms with Crippen LogP contribution in [-0.2, 0) is 6.42 Å². The minimum absolute atomic E-state index is 0.188. The molecule has 1 aliphatic rings. The van der Waals surface area contributed by atoms with Gasteiger partial charge in [0.15, 0.2) is 11.6 Å². The van der Waals surface area contributed by atoms with Crippen molar-refractivity contribution in [3.63, 3.8) is 0 Å². The number of nitrogens with two attached hydrogens (primary N) is 1. The number of halogens is 1. The third-order valence-corrected chi connectivity index (χ3v) is 5.03. The van der Waals surface area contributed by atoms with Crippen LogP contribution in [0.4, 0.5) is 4.39 Å². The summed E-state index contributed by atoms with van der Waals surface area (Å²) in [5.74, 6) is -0.104. The molecule has 4 heteroatoms. The molecule has 0 bridgehead atoms. The van der Waals surface area contributed by atoms with Gasteiger partial charge in [-0.05, 0) is 36.3 Å². The number of hydrogen-bond acceptors (Lipinski definition) is 3. The van der Waals surface area contributed by atoms with Gasteiger partial charge >= 0.3 is 0 Å². The summed E-state index contributed by atoms with van der Waals surface area (Å²) in [5.41, 5.74) is 5.92. The Morgan fingerprint density at radius 2 is 2.10 bits per heavy atom. The molecule has 0 heterocycles. The van der Waals surface area contributed by atoms with Gasteiger partial charge in [-0.2, -0.15) is 0 Å². The molecule has 1 fully saturated rings. The van der Waals surface area contributed by atoms with E-state index in [2.05, 4.69) is 13.8 Å². The summed E-state index contributed by atoms with van der Waals surface area (Å²) in [7, 11) is 1.46. The fourth-order valence-corrected chi connectivity index (χ4v) is 3.70. The first-order valence-electron chi connectivity index (χ1n) is 7.56. The van der Waals surface area contributed by atoms with Gasteiger partial charge in [0, 0.05) is 12.0 Å². The fraction of sp³-hybridized carbons (Fsp3) is 0.647. The van der Waals surface area contributed by atoms with Crippen LogP contribution < -0.4 is 10.5 Å². The van der Waals surface area contributed by atoms with E-state index in [9.17, 15) is 9.50 Å². The van der Waals surface area contributed by atoms with Crippen LogP contribution in [-0.4, -0.2) is 24.9 Å². The van der Waals surface area contributed by atoms with Crippen molar-refractivity contribution in [3.8, 4) is 5.75 Å². The first-order valence-corrected chi connectivity index (χ1v) is 7.56. The molecule has 0 saturated heterocycles. The van der Waals surface area contributed by atoms with E-state index in [1.54, 1.807) is 18.2 Å². The summed E-state index contributed by atoms with van der Waals surface area (Å²) in [5, 5.41) is 10.8. The van der Waals surface area contributed by atoms with Gasteiger partial charge < -0.3 is 15.6 Å². The molecule has 2 rings (SSSR count). The van der Waals surface area contributed by atoms with Gasteiger partial charge in [0.25, 0.3) is 0 Å². The van der Waals surface area contributed by atoms with Crippen LogP contribution in [0.5, 0.6) is 5.75 Å². The first-order chi connectivity index (χ1) is 9.86. The second-order valence-corrected chi connectivity index (χ2v) is 6.92. The average molecular weight is 295 g/mol. The number of rotatable bonds is 4. The predicted molar refractivity (Wildman–Crippen MR) is 81.8 cm³/mol. The standard InChI is InChI=1S/C17H26FNO2/c1-16(2)8-5-9-17(11-19,15(16)20)10-12-6-4-7-13(21-3)14(12)18/h4,6-7,15,20H,5,8-11,19H2,1-3H3. The van der Waals surface area contributed by atoms with E-state index in [1.807, 2.05) is 0 Å². The number of aliphatic hydroxyl groups is 1. The van der Waals surface area contributed by atoms with E-state index in [0.717, 1.165) is 19.3 Å². The van der Waals surface area contributed by atoms with Crippen LogP contribution in [0, 0.1) is 16.6 Å². The van der Waals surface area contributed by atoms with Gasteiger partial charge in [0.05, 0.1) is 13.2 Å². The Bertz CT molecular complexity index is 504. The van der Waals surface area contributed by atoms with Gasteiger partial charge in [-0.1, -0.05) is 32.4 Å². The normalized spacial score (nSPS) is 28.4. The monoisotopic (exact) mass is 295 g/mol. The Morgan fingerprint density at radius 1 is 1.38 bits per heavy atom. The lowest BCUT2D eigenvalue weighted by molar-refractivity contribution is -0.0887. The molecular weight excluding hydrogens is 269 g/mol. The largest absolute Gasteiger partial charge is 0.494 e. The van der Waals surface area contributed by atoms with Crippen LogP contribution in [0.25, 0.3) is 0 Å². The van der Waals surface area contributed by atoms with E-state index in [1.165, 1.54) is 7.11 Å². The lowest BCUT2D eigenvalue weighted by Crippen LogP contribution is -2.53. The summed E-state index contributed by atoms with van der Waals surface area (Å²) < 4.78 is 19.4. The Morgan fingerprint density at radius 3 is 2.71 bits per heavy atom. The topological polar surface area (TPSA) is 55.5 Å². The minimum atomic E-state index is -0.533. The second-order valence-electron chi connectivity index (χ2n) is 6.92. The average Bonchev–Trinajstić information content (AvgIpc) is 2.46. The number of ether oxygens (including phenoxy) is 1. The van der Waals surface area contributed by atoms with Crippen molar-refractivity contribution in [2.24, 2.45) is 16.6 Å². The molecule has 1 saturated carbocycles. The Kier molecular flexibility index (Phi) is 4.59. The predicted octanol–water partition coefficient (Wildman–Crippen LogP) is 2.89. The molecule has 0 spiro atoms. The van der Waals surface area contributed by atoms with Crippen LogP contribution in [0.15, 0.2) is 18.2 Å². The van der Waals surface area contributed by atoms with Crippen molar-refractivity contribution < 1.29 is 14.2 Å². The quantitative estimate of drug-likeness (QED) is 0.898. The van der Waals surface area contributed by atoms with Gasteiger partial charge in [-0.3, -0.25) is 0 Å².